The fourth-order valence-electron chi connectivity index (χ4n) is 3.43. The van der Waals surface area contributed by atoms with Crippen molar-refractivity contribution in [2.75, 3.05) is 0 Å². The molecule has 126 valence electrons. The summed E-state index contributed by atoms with van der Waals surface area (Å²) in [5.41, 5.74) is -4.07. The monoisotopic (exact) mass is 324 g/mol. The van der Waals surface area contributed by atoms with Crippen molar-refractivity contribution in [3.05, 3.63) is 0 Å². The molecular formula is C17H31F3S. The summed E-state index contributed by atoms with van der Waals surface area (Å²) in [4.78, 5) is 0. The van der Waals surface area contributed by atoms with E-state index in [1.54, 1.807) is 0 Å². The highest BCUT2D eigenvalue weighted by molar-refractivity contribution is 8.01. The van der Waals surface area contributed by atoms with E-state index in [9.17, 15) is 13.2 Å². The van der Waals surface area contributed by atoms with E-state index in [4.69, 9.17) is 0 Å². The minimum atomic E-state index is -4.07. The SMILES string of the molecule is CCCCCCCCCCC1(SC(F)(F)F)CCCCC1. The highest BCUT2D eigenvalue weighted by Gasteiger charge is 2.43. The Hall–Kier alpha value is 0.140. The molecule has 1 rings (SSSR count). The van der Waals surface area contributed by atoms with Gasteiger partial charge < -0.3 is 0 Å². The van der Waals surface area contributed by atoms with Crippen LogP contribution in [0.5, 0.6) is 0 Å². The lowest BCUT2D eigenvalue weighted by Gasteiger charge is -2.37. The van der Waals surface area contributed by atoms with Crippen LogP contribution < -0.4 is 0 Å². The van der Waals surface area contributed by atoms with Crippen LogP contribution in [0.3, 0.4) is 0 Å². The lowest BCUT2D eigenvalue weighted by molar-refractivity contribution is -0.0349. The molecular weight excluding hydrogens is 293 g/mol. The average molecular weight is 324 g/mol. The Bertz CT molecular complexity index is 257. The molecule has 0 aromatic carbocycles. The molecule has 0 amide bonds. The molecule has 0 aromatic heterocycles. The molecule has 1 fully saturated rings. The smallest absolute Gasteiger partial charge is 0.160 e. The molecule has 0 aliphatic heterocycles. The molecule has 0 heterocycles. The third kappa shape index (κ3) is 9.00. The maximum Gasteiger partial charge on any atom is 0.442 e. The van der Waals surface area contributed by atoms with E-state index in [2.05, 4.69) is 6.92 Å². The fourth-order valence-corrected chi connectivity index (χ4v) is 4.66. The molecule has 0 atom stereocenters. The van der Waals surface area contributed by atoms with Crippen LogP contribution in [-0.2, 0) is 0 Å². The molecule has 21 heavy (non-hydrogen) atoms. The largest absolute Gasteiger partial charge is 0.442 e. The molecule has 0 aromatic rings. The van der Waals surface area contributed by atoms with E-state index in [0.717, 1.165) is 51.4 Å². The molecule has 0 unspecified atom stereocenters. The van der Waals surface area contributed by atoms with Crippen molar-refractivity contribution >= 4 is 11.8 Å². The van der Waals surface area contributed by atoms with E-state index >= 15 is 0 Å². The Balaban J connectivity index is 2.21. The fraction of sp³-hybridized carbons (Fsp3) is 1.00. The Labute approximate surface area is 132 Å². The predicted octanol–water partition coefficient (Wildman–Crippen LogP) is 7.47. The third-order valence-electron chi connectivity index (χ3n) is 4.58. The zero-order chi connectivity index (χ0) is 15.6. The van der Waals surface area contributed by atoms with Crippen molar-refractivity contribution in [2.24, 2.45) is 0 Å². The summed E-state index contributed by atoms with van der Waals surface area (Å²) in [6.07, 6.45) is 15.0. The second-order valence-corrected chi connectivity index (χ2v) is 8.05. The number of halogens is 3. The molecule has 0 nitrogen and oxygen atoms in total. The summed E-state index contributed by atoms with van der Waals surface area (Å²) in [5.74, 6) is 0. The Morgan fingerprint density at radius 2 is 1.33 bits per heavy atom. The van der Waals surface area contributed by atoms with Crippen LogP contribution >= 0.6 is 11.8 Å². The van der Waals surface area contributed by atoms with Gasteiger partial charge in [0.2, 0.25) is 0 Å². The van der Waals surface area contributed by atoms with Crippen LogP contribution in [0.1, 0.15) is 96.8 Å². The van der Waals surface area contributed by atoms with Gasteiger partial charge in [0.25, 0.3) is 0 Å². The standard InChI is InChI=1S/C17H31F3S/c1-2-3-4-5-6-7-8-10-13-16(21-17(18,19)20)14-11-9-12-15-16/h2-15H2,1H3. The highest BCUT2D eigenvalue weighted by atomic mass is 32.2. The lowest BCUT2D eigenvalue weighted by Crippen LogP contribution is -2.31. The second-order valence-electron chi connectivity index (χ2n) is 6.52. The zero-order valence-electron chi connectivity index (χ0n) is 13.4. The van der Waals surface area contributed by atoms with Gasteiger partial charge in [0, 0.05) is 4.75 Å². The summed E-state index contributed by atoms with van der Waals surface area (Å²) in [6, 6.07) is 0. The molecule has 0 N–H and O–H groups in total. The summed E-state index contributed by atoms with van der Waals surface area (Å²) >= 11 is 0.300. The van der Waals surface area contributed by atoms with Crippen LogP contribution in [0.25, 0.3) is 0 Å². The Kier molecular flexibility index (Phi) is 9.15. The summed E-state index contributed by atoms with van der Waals surface area (Å²) in [6.45, 7) is 2.21. The molecule has 0 radical (unpaired) electrons. The second kappa shape index (κ2) is 10.0. The highest BCUT2D eigenvalue weighted by Crippen LogP contribution is 2.50. The number of unbranched alkanes of at least 4 members (excludes halogenated alkanes) is 7. The summed E-state index contributed by atoms with van der Waals surface area (Å²) in [7, 11) is 0. The van der Waals surface area contributed by atoms with E-state index in [0.29, 0.717) is 11.8 Å². The number of hydrogen-bond donors (Lipinski definition) is 0. The Morgan fingerprint density at radius 3 is 1.86 bits per heavy atom. The summed E-state index contributed by atoms with van der Waals surface area (Å²) in [5, 5.41) is 0. The number of rotatable bonds is 10. The molecule has 1 aliphatic carbocycles. The van der Waals surface area contributed by atoms with Crippen LogP contribution in [0.2, 0.25) is 0 Å². The first-order valence-electron chi connectivity index (χ1n) is 8.74. The average Bonchev–Trinajstić information content (AvgIpc) is 2.41. The lowest BCUT2D eigenvalue weighted by atomic mass is 9.84. The van der Waals surface area contributed by atoms with Gasteiger partial charge in [-0.2, -0.15) is 13.2 Å². The van der Waals surface area contributed by atoms with E-state index in [1.165, 1.54) is 38.5 Å². The Morgan fingerprint density at radius 1 is 0.810 bits per heavy atom. The molecule has 0 bridgehead atoms. The van der Waals surface area contributed by atoms with Crippen molar-refractivity contribution < 1.29 is 13.2 Å². The van der Waals surface area contributed by atoms with E-state index < -0.39 is 10.3 Å². The summed E-state index contributed by atoms with van der Waals surface area (Å²) < 4.78 is 37.9. The van der Waals surface area contributed by atoms with Crippen molar-refractivity contribution in [1.29, 1.82) is 0 Å². The van der Waals surface area contributed by atoms with Crippen LogP contribution in [0.15, 0.2) is 0 Å². The van der Waals surface area contributed by atoms with Gasteiger partial charge >= 0.3 is 5.51 Å². The van der Waals surface area contributed by atoms with Crippen molar-refractivity contribution in [2.45, 2.75) is 107 Å². The minimum absolute atomic E-state index is 0.300. The minimum Gasteiger partial charge on any atom is -0.160 e. The number of thioether (sulfide) groups is 1. The van der Waals surface area contributed by atoms with Crippen LogP contribution in [-0.4, -0.2) is 10.3 Å². The molecule has 1 aliphatic rings. The van der Waals surface area contributed by atoms with Crippen molar-refractivity contribution in [3.63, 3.8) is 0 Å². The van der Waals surface area contributed by atoms with E-state index in [1.807, 2.05) is 0 Å². The van der Waals surface area contributed by atoms with Gasteiger partial charge in [0.15, 0.2) is 0 Å². The predicted molar refractivity (Wildman–Crippen MR) is 86.7 cm³/mol. The quantitative estimate of drug-likeness (QED) is 0.375. The molecule has 4 heteroatoms. The third-order valence-corrected chi connectivity index (χ3v) is 5.86. The number of alkyl halides is 3. The van der Waals surface area contributed by atoms with Gasteiger partial charge in [-0.1, -0.05) is 77.6 Å². The van der Waals surface area contributed by atoms with Gasteiger partial charge in [0.05, 0.1) is 0 Å². The first-order valence-corrected chi connectivity index (χ1v) is 9.56. The first-order chi connectivity index (χ1) is 9.97. The first kappa shape index (κ1) is 19.2. The molecule has 1 saturated carbocycles. The van der Waals surface area contributed by atoms with Crippen molar-refractivity contribution in [1.82, 2.24) is 0 Å². The van der Waals surface area contributed by atoms with Gasteiger partial charge in [-0.3, -0.25) is 0 Å². The zero-order valence-corrected chi connectivity index (χ0v) is 14.3. The maximum atomic E-state index is 12.8. The van der Waals surface area contributed by atoms with Gasteiger partial charge in [-0.25, -0.2) is 0 Å². The van der Waals surface area contributed by atoms with Gasteiger partial charge in [0.1, 0.15) is 0 Å². The molecule has 0 spiro atoms. The topological polar surface area (TPSA) is 0 Å². The van der Waals surface area contributed by atoms with Crippen LogP contribution in [0, 0.1) is 0 Å². The number of hydrogen-bond acceptors (Lipinski definition) is 1. The van der Waals surface area contributed by atoms with Crippen LogP contribution in [0.4, 0.5) is 13.2 Å². The normalized spacial score (nSPS) is 18.9. The molecule has 0 saturated heterocycles. The maximum absolute atomic E-state index is 12.8. The van der Waals surface area contributed by atoms with Gasteiger partial charge in [-0.05, 0) is 31.0 Å². The van der Waals surface area contributed by atoms with Gasteiger partial charge in [-0.15, -0.1) is 0 Å². The van der Waals surface area contributed by atoms with Crippen molar-refractivity contribution in [3.8, 4) is 0 Å². The van der Waals surface area contributed by atoms with E-state index in [-0.39, 0.29) is 0 Å².